The van der Waals surface area contributed by atoms with Crippen LogP contribution in [0, 0.1) is 0 Å². The highest BCUT2D eigenvalue weighted by Crippen LogP contribution is 2.27. The van der Waals surface area contributed by atoms with Gasteiger partial charge < -0.3 is 10.1 Å². The first-order valence-corrected chi connectivity index (χ1v) is 9.16. The fraction of sp³-hybridized carbons (Fsp3) is 0.250. The predicted octanol–water partition coefficient (Wildman–Crippen LogP) is 4.60. The van der Waals surface area contributed by atoms with Crippen LogP contribution < -0.4 is 10.1 Å². The minimum Gasteiger partial charge on any atom is -0.493 e. The first-order valence-electron chi connectivity index (χ1n) is 8.28. The fourth-order valence-corrected chi connectivity index (χ4v) is 3.80. The van der Waals surface area contributed by atoms with Crippen molar-refractivity contribution in [2.24, 2.45) is 0 Å². The van der Waals surface area contributed by atoms with Crippen LogP contribution in [-0.4, -0.2) is 11.6 Å². The summed E-state index contributed by atoms with van der Waals surface area (Å²) >= 11 is 1.71. The first-order chi connectivity index (χ1) is 11.8. The molecule has 0 saturated carbocycles. The second kappa shape index (κ2) is 6.75. The number of hydrogen-bond acceptors (Lipinski definition) is 4. The lowest BCUT2D eigenvalue weighted by Gasteiger charge is -2.12. The van der Waals surface area contributed by atoms with E-state index in [0.29, 0.717) is 0 Å². The van der Waals surface area contributed by atoms with Gasteiger partial charge in [-0.05, 0) is 24.1 Å². The molecule has 4 rings (SSSR count). The molecule has 0 spiro atoms. The molecule has 1 unspecified atom stereocenters. The van der Waals surface area contributed by atoms with Crippen molar-refractivity contribution in [1.29, 1.82) is 0 Å². The molecule has 2 heterocycles. The van der Waals surface area contributed by atoms with Gasteiger partial charge in [0.1, 0.15) is 10.8 Å². The number of nitrogens with zero attached hydrogens (tertiary/aromatic N) is 1. The van der Waals surface area contributed by atoms with E-state index in [-0.39, 0.29) is 6.04 Å². The summed E-state index contributed by atoms with van der Waals surface area (Å²) in [5, 5.41) is 6.84. The van der Waals surface area contributed by atoms with Gasteiger partial charge in [0.25, 0.3) is 0 Å². The maximum atomic E-state index is 5.56. The zero-order valence-electron chi connectivity index (χ0n) is 13.7. The molecule has 0 aliphatic carbocycles. The molecule has 1 aliphatic heterocycles. The molecule has 122 valence electrons. The van der Waals surface area contributed by atoms with E-state index in [1.807, 2.05) is 18.2 Å². The highest BCUT2D eigenvalue weighted by Gasteiger charge is 2.14. The number of aromatic nitrogens is 1. The molecule has 0 fully saturated rings. The Balaban J connectivity index is 1.41. The zero-order valence-corrected chi connectivity index (χ0v) is 14.5. The highest BCUT2D eigenvalue weighted by atomic mass is 32.1. The molecule has 3 nitrogen and oxygen atoms in total. The van der Waals surface area contributed by atoms with E-state index in [1.165, 1.54) is 16.7 Å². The molecule has 0 radical (unpaired) electrons. The van der Waals surface area contributed by atoms with E-state index in [1.54, 1.807) is 11.3 Å². The number of fused-ring (bicyclic) bond motifs is 1. The topological polar surface area (TPSA) is 34.1 Å². The Hall–Kier alpha value is -2.17. The predicted molar refractivity (Wildman–Crippen MR) is 98.4 cm³/mol. The number of benzene rings is 2. The van der Waals surface area contributed by atoms with Gasteiger partial charge in [0.15, 0.2) is 0 Å². The van der Waals surface area contributed by atoms with Gasteiger partial charge in [-0.1, -0.05) is 42.5 Å². The van der Waals surface area contributed by atoms with Crippen molar-refractivity contribution in [1.82, 2.24) is 10.3 Å². The average molecular weight is 336 g/mol. The molecule has 2 aromatic carbocycles. The van der Waals surface area contributed by atoms with E-state index in [0.717, 1.165) is 36.0 Å². The van der Waals surface area contributed by atoms with Crippen molar-refractivity contribution >= 4 is 11.3 Å². The largest absolute Gasteiger partial charge is 0.493 e. The van der Waals surface area contributed by atoms with Crippen LogP contribution in [-0.2, 0) is 13.0 Å². The third-order valence-corrected chi connectivity index (χ3v) is 5.36. The smallest absolute Gasteiger partial charge is 0.122 e. The van der Waals surface area contributed by atoms with Crippen LogP contribution >= 0.6 is 11.3 Å². The quantitative estimate of drug-likeness (QED) is 0.739. The molecule has 0 amide bonds. The van der Waals surface area contributed by atoms with E-state index in [4.69, 9.17) is 9.72 Å². The minimum atomic E-state index is 0.233. The molecule has 4 heteroatoms. The van der Waals surface area contributed by atoms with Gasteiger partial charge in [0.2, 0.25) is 0 Å². The second-order valence-electron chi connectivity index (χ2n) is 6.08. The Morgan fingerprint density at radius 2 is 2.08 bits per heavy atom. The second-order valence-corrected chi connectivity index (χ2v) is 6.97. The monoisotopic (exact) mass is 336 g/mol. The lowest BCUT2D eigenvalue weighted by molar-refractivity contribution is 0.357. The van der Waals surface area contributed by atoms with E-state index >= 15 is 0 Å². The van der Waals surface area contributed by atoms with Crippen LogP contribution in [0.4, 0.5) is 0 Å². The van der Waals surface area contributed by atoms with Gasteiger partial charge >= 0.3 is 0 Å². The number of hydrogen-bond donors (Lipinski definition) is 1. The SMILES string of the molecule is CC(NCc1ccc2c(c1)CCO2)c1nc(-c2ccccc2)cs1. The molecule has 0 bridgehead atoms. The van der Waals surface area contributed by atoms with Crippen LogP contribution in [0.25, 0.3) is 11.3 Å². The van der Waals surface area contributed by atoms with Crippen molar-refractivity contribution in [3.63, 3.8) is 0 Å². The Labute approximate surface area is 146 Å². The molecule has 1 N–H and O–H groups in total. The van der Waals surface area contributed by atoms with Crippen molar-refractivity contribution in [3.8, 4) is 17.0 Å². The molecule has 3 aromatic rings. The standard InChI is InChI=1S/C20H20N2OS/c1-14(20-22-18(13-24-20)16-5-3-2-4-6-16)21-12-15-7-8-19-17(11-15)9-10-23-19/h2-8,11,13-14,21H,9-10,12H2,1H3. The Morgan fingerprint density at radius 3 is 2.96 bits per heavy atom. The number of ether oxygens (including phenoxy) is 1. The fourth-order valence-electron chi connectivity index (χ4n) is 2.94. The molecular weight excluding hydrogens is 316 g/mol. The first kappa shape index (κ1) is 15.4. The normalized spacial score (nSPS) is 14.2. The van der Waals surface area contributed by atoms with Gasteiger partial charge in [0, 0.05) is 23.9 Å². The summed E-state index contributed by atoms with van der Waals surface area (Å²) in [6, 6.07) is 17.0. The van der Waals surface area contributed by atoms with E-state index in [2.05, 4.69) is 48.0 Å². The molecule has 1 atom stereocenters. The number of nitrogens with one attached hydrogen (secondary N) is 1. The van der Waals surface area contributed by atoms with Crippen molar-refractivity contribution in [3.05, 3.63) is 70.0 Å². The lowest BCUT2D eigenvalue weighted by atomic mass is 10.1. The summed E-state index contributed by atoms with van der Waals surface area (Å²) in [4.78, 5) is 4.79. The third-order valence-electron chi connectivity index (χ3n) is 4.33. The van der Waals surface area contributed by atoms with Crippen molar-refractivity contribution in [2.45, 2.75) is 25.9 Å². The third kappa shape index (κ3) is 3.21. The number of thiazole rings is 1. The molecular formula is C20H20N2OS. The van der Waals surface area contributed by atoms with Crippen LogP contribution in [0.15, 0.2) is 53.9 Å². The highest BCUT2D eigenvalue weighted by molar-refractivity contribution is 7.10. The summed E-state index contributed by atoms with van der Waals surface area (Å²) in [5.74, 6) is 1.04. The number of rotatable bonds is 5. The Bertz CT molecular complexity index is 829. The Kier molecular flexibility index (Phi) is 4.32. The van der Waals surface area contributed by atoms with Gasteiger partial charge in [0.05, 0.1) is 18.3 Å². The summed E-state index contributed by atoms with van der Waals surface area (Å²) < 4.78 is 5.56. The minimum absolute atomic E-state index is 0.233. The van der Waals surface area contributed by atoms with Crippen molar-refractivity contribution < 1.29 is 4.74 Å². The summed E-state index contributed by atoms with van der Waals surface area (Å²) in [6.45, 7) is 3.82. The molecule has 1 aliphatic rings. The van der Waals surface area contributed by atoms with Gasteiger partial charge in [-0.2, -0.15) is 0 Å². The zero-order chi connectivity index (χ0) is 16.4. The van der Waals surface area contributed by atoms with Crippen LogP contribution in [0.3, 0.4) is 0 Å². The van der Waals surface area contributed by atoms with Crippen molar-refractivity contribution in [2.75, 3.05) is 6.61 Å². The molecule has 24 heavy (non-hydrogen) atoms. The maximum Gasteiger partial charge on any atom is 0.122 e. The van der Waals surface area contributed by atoms with E-state index < -0.39 is 0 Å². The van der Waals surface area contributed by atoms with Gasteiger partial charge in [-0.15, -0.1) is 11.3 Å². The summed E-state index contributed by atoms with van der Waals surface area (Å²) in [6.07, 6.45) is 1.02. The lowest BCUT2D eigenvalue weighted by Crippen LogP contribution is -2.18. The maximum absolute atomic E-state index is 5.56. The Morgan fingerprint density at radius 1 is 1.21 bits per heavy atom. The molecule has 0 saturated heterocycles. The summed E-state index contributed by atoms with van der Waals surface area (Å²) in [7, 11) is 0. The van der Waals surface area contributed by atoms with Crippen LogP contribution in [0.2, 0.25) is 0 Å². The molecule has 1 aromatic heterocycles. The van der Waals surface area contributed by atoms with Crippen LogP contribution in [0.5, 0.6) is 5.75 Å². The summed E-state index contributed by atoms with van der Waals surface area (Å²) in [5.41, 5.74) is 4.85. The van der Waals surface area contributed by atoms with Crippen LogP contribution in [0.1, 0.15) is 29.1 Å². The van der Waals surface area contributed by atoms with Gasteiger partial charge in [-0.25, -0.2) is 4.98 Å². The van der Waals surface area contributed by atoms with Gasteiger partial charge in [-0.3, -0.25) is 0 Å². The van der Waals surface area contributed by atoms with E-state index in [9.17, 15) is 0 Å². The average Bonchev–Trinajstić information content (AvgIpc) is 3.29.